The second-order valence-electron chi connectivity index (χ2n) is 2.26. The van der Waals surface area contributed by atoms with Gasteiger partial charge in [0.1, 0.15) is 0 Å². The molecule has 96 valence electrons. The Morgan fingerprint density at radius 2 is 1.56 bits per heavy atom. The monoisotopic (exact) mass is 369 g/mol. The Kier molecular flexibility index (Phi) is 26.8. The average Bonchev–Trinajstić information content (AvgIpc) is 2.31. The van der Waals surface area contributed by atoms with Gasteiger partial charge in [0.25, 0.3) is 0 Å². The lowest BCUT2D eigenvalue weighted by atomic mass is 10.3. The highest BCUT2D eigenvalue weighted by Gasteiger charge is 1.74. The minimum atomic E-state index is 1.02. The predicted octanol–water partition coefficient (Wildman–Crippen LogP) is 2.25. The molecule has 0 aliphatic carbocycles. The van der Waals surface area contributed by atoms with Crippen molar-refractivity contribution in [3.05, 3.63) is 0 Å². The lowest BCUT2D eigenvalue weighted by Crippen LogP contribution is -1.78. The van der Waals surface area contributed by atoms with E-state index in [2.05, 4.69) is 41.2 Å². The van der Waals surface area contributed by atoms with Crippen molar-refractivity contribution in [1.82, 2.24) is 0 Å². The van der Waals surface area contributed by atoms with Crippen LogP contribution in [0.15, 0.2) is 4.99 Å². The Morgan fingerprint density at radius 1 is 1.00 bits per heavy atom. The van der Waals surface area contributed by atoms with E-state index in [1.165, 1.54) is 30.6 Å². The molecule has 1 nitrogen and oxygen atoms in total. The first-order valence-electron chi connectivity index (χ1n) is 4.56. The van der Waals surface area contributed by atoms with E-state index in [0.717, 1.165) is 13.0 Å². The second kappa shape index (κ2) is 21.7. The van der Waals surface area contributed by atoms with Crippen LogP contribution in [0.3, 0.4) is 0 Å². The molecule has 0 atom stereocenters. The molecule has 0 aliphatic heterocycles. The maximum Gasteiger partial charge on any atom is 0.0385 e. The van der Waals surface area contributed by atoms with Crippen LogP contribution in [0.5, 0.6) is 0 Å². The number of nitrogens with zero attached hydrogens (tertiary/aromatic N) is 1. The molecule has 0 spiro atoms. The molecule has 0 aromatic carbocycles. The molecule has 0 saturated heterocycles. The van der Waals surface area contributed by atoms with Gasteiger partial charge in [-0.25, -0.2) is 0 Å². The Balaban J connectivity index is 0. The van der Waals surface area contributed by atoms with E-state index in [1.807, 2.05) is 6.21 Å². The number of aliphatic imine (C=N–C) groups is 1. The molecule has 0 rings (SSSR count). The maximum atomic E-state index is 4.60. The molecule has 16 heavy (non-hydrogen) atoms. The summed E-state index contributed by atoms with van der Waals surface area (Å²) in [4.78, 5) is 4.15. The minimum Gasteiger partial charge on any atom is -0.298 e. The van der Waals surface area contributed by atoms with E-state index in [0.29, 0.717) is 0 Å². The van der Waals surface area contributed by atoms with Crippen molar-refractivity contribution < 1.29 is 0 Å². The van der Waals surface area contributed by atoms with Crippen LogP contribution in [0.4, 0.5) is 0 Å². The van der Waals surface area contributed by atoms with Gasteiger partial charge >= 0.3 is 0 Å². The van der Waals surface area contributed by atoms with Crippen LogP contribution >= 0.6 is 0 Å². The summed E-state index contributed by atoms with van der Waals surface area (Å²) in [6.07, 6.45) is 5.54. The third-order valence-electron chi connectivity index (χ3n) is 1.09. The normalized spacial score (nSPS) is 8.62. The first-order chi connectivity index (χ1) is 7.83. The highest BCUT2D eigenvalue weighted by atomic mass is 33.4. The SMILES string of the molecule is CCC=NCCCC.S=S=S=S=S=S=S=S. The van der Waals surface area contributed by atoms with Crippen molar-refractivity contribution in [3.8, 4) is 0 Å². The molecule has 0 N–H and O–H groups in total. The number of unbranched alkanes of at least 4 members (excludes halogenated alkanes) is 1. The predicted molar refractivity (Wildman–Crippen MR) is 97.5 cm³/mol. The Hall–Kier alpha value is 1.43. The van der Waals surface area contributed by atoms with Gasteiger partial charge < -0.3 is 0 Å². The summed E-state index contributed by atoms with van der Waals surface area (Å²) in [5.41, 5.74) is 0. The Morgan fingerprint density at radius 3 is 1.94 bits per heavy atom. The quantitative estimate of drug-likeness (QED) is 0.557. The summed E-state index contributed by atoms with van der Waals surface area (Å²) in [5.74, 6) is 0. The fraction of sp³-hybridized carbons (Fsp3) is 0.857. The average molecular weight is 370 g/mol. The first kappa shape index (κ1) is 19.8. The van der Waals surface area contributed by atoms with Gasteiger partial charge in [0, 0.05) is 82.2 Å². The van der Waals surface area contributed by atoms with Gasteiger partial charge in [0.15, 0.2) is 0 Å². The molecule has 0 bridgehead atoms. The van der Waals surface area contributed by atoms with Crippen molar-refractivity contribution in [2.24, 2.45) is 4.99 Å². The molecular weight excluding hydrogens is 355 g/mol. The van der Waals surface area contributed by atoms with Gasteiger partial charge in [0.2, 0.25) is 0 Å². The molecule has 0 amide bonds. The van der Waals surface area contributed by atoms with Crippen molar-refractivity contribution in [1.29, 1.82) is 0 Å². The van der Waals surface area contributed by atoms with Crippen molar-refractivity contribution >= 4 is 81.9 Å². The van der Waals surface area contributed by atoms with E-state index in [4.69, 9.17) is 0 Å². The zero-order valence-electron chi connectivity index (χ0n) is 9.12. The van der Waals surface area contributed by atoms with Crippen LogP contribution in [0.25, 0.3) is 0 Å². The zero-order valence-corrected chi connectivity index (χ0v) is 15.7. The first-order valence-corrected chi connectivity index (χ1v) is 13.9. The van der Waals surface area contributed by atoms with Crippen LogP contribution in [0, 0.1) is 0 Å². The van der Waals surface area contributed by atoms with Crippen LogP contribution in [-0.2, 0) is 75.7 Å². The number of hydrogen-bond donors (Lipinski definition) is 0. The highest BCUT2D eigenvalue weighted by Crippen LogP contribution is 1.85. The van der Waals surface area contributed by atoms with Crippen LogP contribution in [0.2, 0.25) is 0 Å². The van der Waals surface area contributed by atoms with E-state index < -0.39 is 0 Å². The standard InChI is InChI=1S/C7H15N.S8/c2*1-3-5-7-8-6-4-2/h6H,3-5,7H2,1-2H3;. The van der Waals surface area contributed by atoms with Gasteiger partial charge in [0.05, 0.1) is 0 Å². The molecule has 0 fully saturated rings. The molecule has 0 aliphatic rings. The zero-order chi connectivity index (χ0) is 12.5. The topological polar surface area (TPSA) is 12.4 Å². The summed E-state index contributed by atoms with van der Waals surface area (Å²) in [5, 5.41) is 0. The van der Waals surface area contributed by atoms with E-state index in [-0.39, 0.29) is 0 Å². The van der Waals surface area contributed by atoms with Crippen molar-refractivity contribution in [3.63, 3.8) is 0 Å². The highest BCUT2D eigenvalue weighted by molar-refractivity contribution is 8.70. The third kappa shape index (κ3) is 24.6. The lowest BCUT2D eigenvalue weighted by molar-refractivity contribution is 0.808. The summed E-state index contributed by atoms with van der Waals surface area (Å²) < 4.78 is 0. The fourth-order valence-corrected chi connectivity index (χ4v) is 11.5. The lowest BCUT2D eigenvalue weighted by Gasteiger charge is -1.86. The van der Waals surface area contributed by atoms with E-state index in [1.54, 1.807) is 35.5 Å². The number of rotatable bonds is 4. The summed E-state index contributed by atoms with van der Waals surface area (Å²) in [6, 6.07) is 0. The minimum absolute atomic E-state index is 1.02. The third-order valence-corrected chi connectivity index (χ3v) is 12.2. The maximum absolute atomic E-state index is 4.60. The number of hydrogen-bond acceptors (Lipinski definition) is 3. The molecular formula is C7H15NS8. The van der Waals surface area contributed by atoms with Crippen LogP contribution < -0.4 is 0 Å². The summed E-state index contributed by atoms with van der Waals surface area (Å²) in [6.45, 7) is 5.31. The fourth-order valence-electron chi connectivity index (χ4n) is 0.515. The molecule has 9 heteroatoms. The van der Waals surface area contributed by atoms with Gasteiger partial charge in [-0.3, -0.25) is 4.99 Å². The Labute approximate surface area is 125 Å². The van der Waals surface area contributed by atoms with Gasteiger partial charge in [-0.2, -0.15) is 0 Å². The Bertz CT molecular complexity index is 364. The molecule has 0 unspecified atom stereocenters. The van der Waals surface area contributed by atoms with Crippen LogP contribution in [0.1, 0.15) is 33.1 Å². The van der Waals surface area contributed by atoms with E-state index >= 15 is 0 Å². The van der Waals surface area contributed by atoms with Gasteiger partial charge in [-0.1, -0.05) is 20.3 Å². The molecule has 0 aromatic rings. The summed E-state index contributed by atoms with van der Waals surface area (Å²) in [7, 11) is 9.12. The smallest absolute Gasteiger partial charge is 0.0385 e. The molecule has 0 saturated carbocycles. The molecule has 0 heterocycles. The van der Waals surface area contributed by atoms with Crippen molar-refractivity contribution in [2.75, 3.05) is 6.54 Å². The molecule has 0 aromatic heterocycles. The van der Waals surface area contributed by atoms with Crippen LogP contribution in [-0.4, -0.2) is 12.8 Å². The largest absolute Gasteiger partial charge is 0.298 e. The second-order valence-corrected chi connectivity index (χ2v) is 12.9. The van der Waals surface area contributed by atoms with Gasteiger partial charge in [-0.15, -0.1) is 0 Å². The van der Waals surface area contributed by atoms with Crippen molar-refractivity contribution in [2.45, 2.75) is 33.1 Å². The molecule has 0 radical (unpaired) electrons. The summed E-state index contributed by atoms with van der Waals surface area (Å²) >= 11 is 9.21. The van der Waals surface area contributed by atoms with E-state index in [9.17, 15) is 0 Å². The van der Waals surface area contributed by atoms with Gasteiger partial charge in [-0.05, 0) is 19.1 Å².